The minimum atomic E-state index is -1.09. The number of hydrogen-bond acceptors (Lipinski definition) is 3. The summed E-state index contributed by atoms with van der Waals surface area (Å²) in [6.45, 7) is 5.53. The number of benzene rings is 1. The van der Waals surface area contributed by atoms with Crippen LogP contribution in [0.15, 0.2) is 12.1 Å². The Bertz CT molecular complexity index is 475. The highest BCUT2D eigenvalue weighted by molar-refractivity contribution is 6.48. The summed E-state index contributed by atoms with van der Waals surface area (Å²) in [4.78, 5) is 0. The van der Waals surface area contributed by atoms with Gasteiger partial charge in [0.05, 0.1) is 11.2 Å². The lowest BCUT2D eigenvalue weighted by Crippen LogP contribution is -2.49. The van der Waals surface area contributed by atoms with E-state index in [1.54, 1.807) is 27.7 Å². The monoisotopic (exact) mass is 306 g/mol. The molecule has 0 saturated heterocycles. The zero-order chi connectivity index (χ0) is 15.6. The van der Waals surface area contributed by atoms with Gasteiger partial charge in [0.15, 0.2) is 0 Å². The molecule has 0 saturated carbocycles. The van der Waals surface area contributed by atoms with Gasteiger partial charge in [-0.15, -0.1) is 0 Å². The largest absolute Gasteiger partial charge is 0.461 e. The molecule has 0 spiro atoms. The van der Waals surface area contributed by atoms with Crippen LogP contribution in [0.1, 0.15) is 27.7 Å². The Morgan fingerprint density at radius 2 is 1.90 bits per heavy atom. The van der Waals surface area contributed by atoms with Crippen LogP contribution in [0.25, 0.3) is 0 Å². The van der Waals surface area contributed by atoms with E-state index in [4.69, 9.17) is 16.3 Å². The van der Waals surface area contributed by atoms with E-state index in [1.807, 2.05) is 0 Å². The van der Waals surface area contributed by atoms with Crippen LogP contribution in [-0.4, -0.2) is 30.7 Å². The normalized spacial score (nSPS) is 12.4. The molecule has 0 fully saturated rings. The number of hydrogen-bond donors (Lipinski definition) is 1. The summed E-state index contributed by atoms with van der Waals surface area (Å²) in [6.07, 6.45) is 0. The zero-order valence-corrected chi connectivity index (χ0v) is 12.7. The average molecular weight is 307 g/mol. The van der Waals surface area contributed by atoms with Gasteiger partial charge in [-0.25, -0.2) is 8.78 Å². The quantitative estimate of drug-likeness (QED) is 0.820. The van der Waals surface area contributed by atoms with Gasteiger partial charge in [-0.1, -0.05) is 17.7 Å². The Labute approximate surface area is 123 Å². The molecule has 1 aromatic carbocycles. The van der Waals surface area contributed by atoms with Crippen LogP contribution in [0.2, 0.25) is 5.02 Å². The van der Waals surface area contributed by atoms with Gasteiger partial charge in [0.2, 0.25) is 6.86 Å². The van der Waals surface area contributed by atoms with Gasteiger partial charge in [0.25, 0.3) is 0 Å². The number of alkyl halides is 1. The lowest BCUT2D eigenvalue weighted by atomic mass is 9.82. The fourth-order valence-electron chi connectivity index (χ4n) is 1.29. The predicted octanol–water partition coefficient (Wildman–Crippen LogP) is 2.33. The van der Waals surface area contributed by atoms with Gasteiger partial charge >= 0.3 is 7.48 Å². The Kier molecular flexibility index (Phi) is 5.41. The standard InChI is InChI=1S/C13H18BClF2O3/c1-12(2,18)13(3,4)20-14-8-5-6-9(19-7-16)10(15)11(8)17/h5-6,14,18H,7H2,1-4H3. The van der Waals surface area contributed by atoms with E-state index < -0.39 is 23.9 Å². The maximum absolute atomic E-state index is 14.0. The third-order valence-corrected chi connectivity index (χ3v) is 3.75. The highest BCUT2D eigenvalue weighted by atomic mass is 35.5. The minimum Gasteiger partial charge on any atom is -0.461 e. The molecule has 0 heterocycles. The first kappa shape index (κ1) is 17.2. The van der Waals surface area contributed by atoms with E-state index in [1.165, 1.54) is 12.1 Å². The van der Waals surface area contributed by atoms with Crippen LogP contribution in [-0.2, 0) is 4.65 Å². The third kappa shape index (κ3) is 3.84. The average Bonchev–Trinajstić information content (AvgIpc) is 2.33. The summed E-state index contributed by atoms with van der Waals surface area (Å²) in [6, 6.07) is 2.79. The van der Waals surface area contributed by atoms with Gasteiger partial charge in [0, 0.05) is 0 Å². The number of ether oxygens (including phenoxy) is 1. The third-order valence-electron chi connectivity index (χ3n) is 3.40. The number of aliphatic hydroxyl groups is 1. The van der Waals surface area contributed by atoms with E-state index in [-0.39, 0.29) is 23.7 Å². The number of halogens is 3. The Balaban J connectivity index is 2.87. The molecule has 0 unspecified atom stereocenters. The maximum atomic E-state index is 14.0. The van der Waals surface area contributed by atoms with Crippen LogP contribution < -0.4 is 10.2 Å². The maximum Gasteiger partial charge on any atom is 0.312 e. The second kappa shape index (κ2) is 6.29. The van der Waals surface area contributed by atoms with E-state index in [0.717, 1.165) is 0 Å². The van der Waals surface area contributed by atoms with Crippen LogP contribution in [0.3, 0.4) is 0 Å². The SMILES string of the molecule is CC(C)(O)C(C)(C)OBc1ccc(OCF)c(Cl)c1F. The van der Waals surface area contributed by atoms with Crippen molar-refractivity contribution < 1.29 is 23.3 Å². The fraction of sp³-hybridized carbons (Fsp3) is 0.538. The molecule has 20 heavy (non-hydrogen) atoms. The summed E-state index contributed by atoms with van der Waals surface area (Å²) in [5.74, 6) is -0.777. The molecule has 7 heteroatoms. The van der Waals surface area contributed by atoms with Crippen LogP contribution in [0, 0.1) is 5.82 Å². The molecule has 0 aliphatic carbocycles. The zero-order valence-electron chi connectivity index (χ0n) is 12.0. The van der Waals surface area contributed by atoms with Crippen molar-refractivity contribution in [3.05, 3.63) is 23.0 Å². The summed E-state index contributed by atoms with van der Waals surface area (Å²) in [5, 5.41) is 9.67. The summed E-state index contributed by atoms with van der Waals surface area (Å²) in [7, 11) is -0.0710. The highest BCUT2D eigenvalue weighted by Crippen LogP contribution is 2.27. The van der Waals surface area contributed by atoms with E-state index >= 15 is 0 Å². The molecule has 0 aromatic heterocycles. The smallest absolute Gasteiger partial charge is 0.312 e. The van der Waals surface area contributed by atoms with Crippen molar-refractivity contribution in [2.45, 2.75) is 38.9 Å². The van der Waals surface area contributed by atoms with Gasteiger partial charge in [-0.05, 0) is 39.2 Å². The van der Waals surface area contributed by atoms with Crippen molar-refractivity contribution in [2.75, 3.05) is 6.86 Å². The molecule has 0 amide bonds. The van der Waals surface area contributed by atoms with Gasteiger partial charge in [-0.3, -0.25) is 0 Å². The van der Waals surface area contributed by atoms with Crippen molar-refractivity contribution >= 4 is 24.5 Å². The molecule has 112 valence electrons. The molecule has 0 radical (unpaired) electrons. The van der Waals surface area contributed by atoms with Crippen molar-refractivity contribution in [1.82, 2.24) is 0 Å². The molecule has 1 aromatic rings. The molecule has 1 N–H and O–H groups in total. The first-order chi connectivity index (χ1) is 9.10. The van der Waals surface area contributed by atoms with Gasteiger partial charge in [0.1, 0.15) is 16.6 Å². The van der Waals surface area contributed by atoms with E-state index in [9.17, 15) is 13.9 Å². The topological polar surface area (TPSA) is 38.7 Å². The molecular weight excluding hydrogens is 288 g/mol. The fourth-order valence-corrected chi connectivity index (χ4v) is 1.53. The molecule has 0 bridgehead atoms. The molecule has 0 aliphatic rings. The highest BCUT2D eigenvalue weighted by Gasteiger charge is 2.36. The number of rotatable bonds is 6. The molecule has 3 nitrogen and oxygen atoms in total. The van der Waals surface area contributed by atoms with Gasteiger partial charge < -0.3 is 14.5 Å². The summed E-state index contributed by atoms with van der Waals surface area (Å²) >= 11 is 5.75. The van der Waals surface area contributed by atoms with Gasteiger partial charge in [-0.2, -0.15) is 0 Å². The summed E-state index contributed by atoms with van der Waals surface area (Å²) in [5.41, 5.74) is -1.76. The molecule has 0 aliphatic heterocycles. The Morgan fingerprint density at radius 3 is 2.40 bits per heavy atom. The van der Waals surface area contributed by atoms with Crippen molar-refractivity contribution in [3.8, 4) is 5.75 Å². The van der Waals surface area contributed by atoms with E-state index in [0.29, 0.717) is 0 Å². The van der Waals surface area contributed by atoms with Crippen LogP contribution >= 0.6 is 11.6 Å². The summed E-state index contributed by atoms with van der Waals surface area (Å²) < 4.78 is 36.2. The lowest BCUT2D eigenvalue weighted by molar-refractivity contribution is -0.0893. The minimum absolute atomic E-state index is 0.0582. The second-order valence-corrected chi connectivity index (χ2v) is 5.84. The van der Waals surface area contributed by atoms with Crippen LogP contribution in [0.4, 0.5) is 8.78 Å². The first-order valence-corrected chi connectivity index (χ1v) is 6.50. The first-order valence-electron chi connectivity index (χ1n) is 6.12. The molecule has 1 rings (SSSR count). The lowest BCUT2D eigenvalue weighted by Gasteiger charge is -2.37. The van der Waals surface area contributed by atoms with E-state index in [2.05, 4.69) is 4.74 Å². The van der Waals surface area contributed by atoms with Crippen molar-refractivity contribution in [3.63, 3.8) is 0 Å². The molecular formula is C13H18BClF2O3. The van der Waals surface area contributed by atoms with Crippen LogP contribution in [0.5, 0.6) is 5.75 Å². The molecule has 0 atom stereocenters. The Hall–Kier alpha value is -0.845. The predicted molar refractivity (Wildman–Crippen MR) is 76.3 cm³/mol. The van der Waals surface area contributed by atoms with Crippen molar-refractivity contribution in [2.24, 2.45) is 0 Å². The Morgan fingerprint density at radius 1 is 1.30 bits per heavy atom. The second-order valence-electron chi connectivity index (χ2n) is 5.46. The van der Waals surface area contributed by atoms with Crippen molar-refractivity contribution in [1.29, 1.82) is 0 Å².